The van der Waals surface area contributed by atoms with E-state index in [1.807, 2.05) is 0 Å². The molecule has 3 unspecified atom stereocenters. The average Bonchev–Trinajstić information content (AvgIpc) is 2.50. The molecule has 2 aliphatic rings. The summed E-state index contributed by atoms with van der Waals surface area (Å²) in [5, 5.41) is 6.52. The number of rotatable bonds is 2. The van der Waals surface area contributed by atoms with Gasteiger partial charge in [0.1, 0.15) is 0 Å². The van der Waals surface area contributed by atoms with Crippen molar-refractivity contribution >= 4 is 6.21 Å². The van der Waals surface area contributed by atoms with Crippen LogP contribution in [0.3, 0.4) is 0 Å². The van der Waals surface area contributed by atoms with Crippen LogP contribution < -0.4 is 5.73 Å². The Labute approximate surface area is 80.0 Å². The van der Waals surface area contributed by atoms with Gasteiger partial charge in [-0.05, 0) is 31.7 Å². The minimum atomic E-state index is 0.650. The Bertz CT molecular complexity index is 200. The highest BCUT2D eigenvalue weighted by Gasteiger charge is 2.37. The molecule has 1 aliphatic carbocycles. The lowest BCUT2D eigenvalue weighted by molar-refractivity contribution is 0.126. The lowest BCUT2D eigenvalue weighted by Gasteiger charge is -2.36. The van der Waals surface area contributed by atoms with E-state index in [-0.39, 0.29) is 0 Å². The van der Waals surface area contributed by atoms with Crippen molar-refractivity contribution in [3.8, 4) is 0 Å². The van der Waals surface area contributed by atoms with E-state index in [0.29, 0.717) is 12.0 Å². The van der Waals surface area contributed by atoms with Crippen LogP contribution in [-0.2, 0) is 0 Å². The van der Waals surface area contributed by atoms with Crippen LogP contribution in [0, 0.1) is 11.8 Å². The van der Waals surface area contributed by atoms with Gasteiger partial charge in [0.15, 0.2) is 0 Å². The zero-order valence-electron chi connectivity index (χ0n) is 8.32. The normalized spacial score (nSPS) is 38.0. The van der Waals surface area contributed by atoms with Crippen molar-refractivity contribution in [2.75, 3.05) is 13.6 Å². The highest BCUT2D eigenvalue weighted by Crippen LogP contribution is 2.36. The van der Waals surface area contributed by atoms with Crippen molar-refractivity contribution < 1.29 is 0 Å². The standard InChI is InChI=1S/C10H19N3/c1-13-10-8(5-6-11)3-2-4-9(10)7-12-13/h7-10H,2-6,11H2,1H3. The molecule has 0 bridgehead atoms. The molecule has 0 aromatic rings. The van der Waals surface area contributed by atoms with Crippen LogP contribution in [0.5, 0.6) is 0 Å². The maximum atomic E-state index is 5.63. The second-order valence-electron chi connectivity index (χ2n) is 4.26. The highest BCUT2D eigenvalue weighted by molar-refractivity contribution is 5.63. The highest BCUT2D eigenvalue weighted by atomic mass is 15.5. The topological polar surface area (TPSA) is 41.6 Å². The molecule has 74 valence electrons. The molecule has 1 heterocycles. The van der Waals surface area contributed by atoms with Crippen molar-refractivity contribution in [1.29, 1.82) is 0 Å². The summed E-state index contributed by atoms with van der Waals surface area (Å²) in [5.74, 6) is 1.48. The second kappa shape index (κ2) is 3.66. The van der Waals surface area contributed by atoms with Gasteiger partial charge < -0.3 is 5.73 Å². The quantitative estimate of drug-likeness (QED) is 0.692. The van der Waals surface area contributed by atoms with Gasteiger partial charge in [-0.15, -0.1) is 0 Å². The molecule has 1 fully saturated rings. The summed E-state index contributed by atoms with van der Waals surface area (Å²) < 4.78 is 0. The minimum Gasteiger partial charge on any atom is -0.330 e. The van der Waals surface area contributed by atoms with E-state index in [0.717, 1.165) is 18.9 Å². The molecule has 3 heteroatoms. The molecule has 2 N–H and O–H groups in total. The summed E-state index contributed by atoms with van der Waals surface area (Å²) in [6, 6.07) is 0.650. The Morgan fingerprint density at radius 3 is 3.15 bits per heavy atom. The second-order valence-corrected chi connectivity index (χ2v) is 4.26. The summed E-state index contributed by atoms with van der Waals surface area (Å²) in [6.07, 6.45) is 7.31. The van der Waals surface area contributed by atoms with E-state index in [4.69, 9.17) is 5.73 Å². The molecular weight excluding hydrogens is 162 g/mol. The van der Waals surface area contributed by atoms with Gasteiger partial charge in [0, 0.05) is 19.2 Å². The summed E-state index contributed by atoms with van der Waals surface area (Å²) in [5.41, 5.74) is 5.63. The number of hydrogen-bond acceptors (Lipinski definition) is 3. The zero-order valence-corrected chi connectivity index (χ0v) is 8.32. The lowest BCUT2D eigenvalue weighted by atomic mass is 9.76. The van der Waals surface area contributed by atoms with Crippen LogP contribution in [0.15, 0.2) is 5.10 Å². The first-order valence-corrected chi connectivity index (χ1v) is 5.30. The number of nitrogens with two attached hydrogens (primary N) is 1. The molecule has 0 radical (unpaired) electrons. The van der Waals surface area contributed by atoms with Crippen LogP contribution in [0.2, 0.25) is 0 Å². The van der Waals surface area contributed by atoms with Crippen LogP contribution in [-0.4, -0.2) is 30.9 Å². The van der Waals surface area contributed by atoms with Crippen molar-refractivity contribution in [2.24, 2.45) is 22.7 Å². The first kappa shape index (κ1) is 9.00. The summed E-state index contributed by atoms with van der Waals surface area (Å²) in [6.45, 7) is 0.821. The molecule has 1 aliphatic heterocycles. The molecule has 0 spiro atoms. The van der Waals surface area contributed by atoms with Gasteiger partial charge in [-0.25, -0.2) is 0 Å². The fourth-order valence-corrected chi connectivity index (χ4v) is 2.85. The Balaban J connectivity index is 2.04. The first-order valence-electron chi connectivity index (χ1n) is 5.30. The summed E-state index contributed by atoms with van der Waals surface area (Å²) >= 11 is 0. The van der Waals surface area contributed by atoms with Crippen molar-refractivity contribution in [2.45, 2.75) is 31.7 Å². The van der Waals surface area contributed by atoms with Gasteiger partial charge >= 0.3 is 0 Å². The molecule has 0 saturated heterocycles. The predicted molar refractivity (Wildman–Crippen MR) is 54.5 cm³/mol. The summed E-state index contributed by atoms with van der Waals surface area (Å²) in [4.78, 5) is 0. The Morgan fingerprint density at radius 2 is 2.38 bits per heavy atom. The number of hydrazone groups is 1. The van der Waals surface area contributed by atoms with Crippen LogP contribution >= 0.6 is 0 Å². The molecule has 3 nitrogen and oxygen atoms in total. The molecule has 3 atom stereocenters. The molecule has 2 rings (SSSR count). The molecule has 13 heavy (non-hydrogen) atoms. The van der Waals surface area contributed by atoms with E-state index < -0.39 is 0 Å². The van der Waals surface area contributed by atoms with Gasteiger partial charge in [0.05, 0.1) is 6.04 Å². The third kappa shape index (κ3) is 1.57. The van der Waals surface area contributed by atoms with Gasteiger partial charge in [-0.1, -0.05) is 6.42 Å². The fraction of sp³-hybridized carbons (Fsp3) is 0.900. The van der Waals surface area contributed by atoms with Gasteiger partial charge in [0.25, 0.3) is 0 Å². The van der Waals surface area contributed by atoms with E-state index in [1.54, 1.807) is 0 Å². The van der Waals surface area contributed by atoms with Crippen LogP contribution in [0.4, 0.5) is 0 Å². The minimum absolute atomic E-state index is 0.650. The lowest BCUT2D eigenvalue weighted by Crippen LogP contribution is -2.40. The fourth-order valence-electron chi connectivity index (χ4n) is 2.85. The number of fused-ring (bicyclic) bond motifs is 1. The third-order valence-electron chi connectivity index (χ3n) is 3.44. The average molecular weight is 181 g/mol. The van der Waals surface area contributed by atoms with Crippen molar-refractivity contribution in [3.05, 3.63) is 0 Å². The van der Waals surface area contributed by atoms with Crippen LogP contribution in [0.25, 0.3) is 0 Å². The zero-order chi connectivity index (χ0) is 9.26. The number of nitrogens with zero attached hydrogens (tertiary/aromatic N) is 2. The summed E-state index contributed by atoms with van der Waals surface area (Å²) in [7, 11) is 2.09. The van der Waals surface area contributed by atoms with E-state index in [1.165, 1.54) is 19.3 Å². The maximum Gasteiger partial charge on any atom is 0.0574 e. The molecule has 0 aromatic carbocycles. The Hall–Kier alpha value is -0.570. The smallest absolute Gasteiger partial charge is 0.0574 e. The van der Waals surface area contributed by atoms with E-state index in [9.17, 15) is 0 Å². The van der Waals surface area contributed by atoms with Crippen LogP contribution in [0.1, 0.15) is 25.7 Å². The molecular formula is C10H19N3. The Kier molecular flexibility index (Phi) is 2.54. The molecule has 0 amide bonds. The largest absolute Gasteiger partial charge is 0.330 e. The van der Waals surface area contributed by atoms with E-state index in [2.05, 4.69) is 23.4 Å². The first-order chi connectivity index (χ1) is 6.33. The van der Waals surface area contributed by atoms with Crippen molar-refractivity contribution in [3.63, 3.8) is 0 Å². The molecule has 1 saturated carbocycles. The third-order valence-corrected chi connectivity index (χ3v) is 3.44. The van der Waals surface area contributed by atoms with E-state index >= 15 is 0 Å². The van der Waals surface area contributed by atoms with Crippen molar-refractivity contribution in [1.82, 2.24) is 5.01 Å². The van der Waals surface area contributed by atoms with Gasteiger partial charge in [0.2, 0.25) is 0 Å². The monoisotopic (exact) mass is 181 g/mol. The Morgan fingerprint density at radius 1 is 1.54 bits per heavy atom. The SMILES string of the molecule is CN1N=CC2CCCC(CCN)C21. The molecule has 0 aromatic heterocycles. The maximum absolute atomic E-state index is 5.63. The van der Waals surface area contributed by atoms with Gasteiger partial charge in [-0.2, -0.15) is 5.10 Å². The predicted octanol–water partition coefficient (Wildman–Crippen LogP) is 1.05. The number of hydrogen-bond donors (Lipinski definition) is 1. The van der Waals surface area contributed by atoms with Gasteiger partial charge in [-0.3, -0.25) is 5.01 Å².